The molecule has 0 saturated carbocycles. The molecule has 1 aromatic heterocycles. The molecule has 0 bridgehead atoms. The van der Waals surface area contributed by atoms with Gasteiger partial charge in [0.1, 0.15) is 0 Å². The minimum Gasteiger partial charge on any atom is -0.390 e. The van der Waals surface area contributed by atoms with E-state index in [0.717, 1.165) is 0 Å². The highest BCUT2D eigenvalue weighted by Gasteiger charge is 2.32. The van der Waals surface area contributed by atoms with Crippen LogP contribution in [0, 0.1) is 10.5 Å². The average Bonchev–Trinajstić information content (AvgIpc) is 2.07. The predicted octanol–water partition coefficient (Wildman–Crippen LogP) is 2.39. The van der Waals surface area contributed by atoms with Gasteiger partial charge in [0.2, 0.25) is 5.88 Å². The number of rotatable bonds is 2. The van der Waals surface area contributed by atoms with Crippen LogP contribution in [0.1, 0.15) is 11.3 Å². The van der Waals surface area contributed by atoms with Gasteiger partial charge in [0, 0.05) is 9.13 Å². The van der Waals surface area contributed by atoms with Crippen LogP contribution < -0.4 is 4.74 Å². The number of aromatic nitrogens is 1. The summed E-state index contributed by atoms with van der Waals surface area (Å²) < 4.78 is 40.1. The smallest absolute Gasteiger partial charge is 0.390 e. The number of aliphatic hydroxyl groups excluding tert-OH is 1. The first-order valence-corrected chi connectivity index (χ1v) is 4.94. The Bertz CT molecular complexity index is 368. The van der Waals surface area contributed by atoms with E-state index in [9.17, 15) is 13.2 Å². The molecule has 1 aromatic rings. The van der Waals surface area contributed by atoms with Crippen molar-refractivity contribution >= 4 is 22.6 Å². The maximum absolute atomic E-state index is 11.9. The van der Waals surface area contributed by atoms with Crippen LogP contribution in [0.5, 0.6) is 5.88 Å². The first-order chi connectivity index (χ1) is 6.83. The molecule has 15 heavy (non-hydrogen) atoms. The van der Waals surface area contributed by atoms with Crippen LogP contribution in [-0.2, 0) is 6.61 Å². The van der Waals surface area contributed by atoms with Crippen molar-refractivity contribution in [2.24, 2.45) is 0 Å². The summed E-state index contributed by atoms with van der Waals surface area (Å²) >= 11 is 1.88. The van der Waals surface area contributed by atoms with E-state index in [-0.39, 0.29) is 11.3 Å². The number of halogens is 4. The normalized spacial score (nSPS) is 11.6. The zero-order valence-electron chi connectivity index (χ0n) is 7.60. The molecule has 0 aliphatic rings. The molecule has 0 fully saturated rings. The van der Waals surface area contributed by atoms with Gasteiger partial charge in [-0.25, -0.2) is 4.98 Å². The van der Waals surface area contributed by atoms with Crippen LogP contribution in [-0.4, -0.2) is 16.5 Å². The molecule has 1 heterocycles. The lowest BCUT2D eigenvalue weighted by atomic mass is 10.2. The zero-order valence-corrected chi connectivity index (χ0v) is 9.76. The highest BCUT2D eigenvalue weighted by Crippen LogP contribution is 2.26. The molecular formula is C8H7F3INO2. The van der Waals surface area contributed by atoms with Gasteiger partial charge in [0.25, 0.3) is 0 Å². The Kier molecular flexibility index (Phi) is 3.77. The van der Waals surface area contributed by atoms with E-state index in [1.807, 2.05) is 22.6 Å². The predicted molar refractivity (Wildman–Crippen MR) is 54.3 cm³/mol. The number of hydrogen-bond acceptors (Lipinski definition) is 3. The van der Waals surface area contributed by atoms with Gasteiger partial charge >= 0.3 is 6.36 Å². The standard InChI is InChI=1S/C8H7F3INO2/c1-4-2-5(12)6(3-14)13-7(4)15-8(9,10)11/h2,14H,3H2,1H3. The van der Waals surface area contributed by atoms with E-state index >= 15 is 0 Å². The zero-order chi connectivity index (χ0) is 11.6. The van der Waals surface area contributed by atoms with Crippen LogP contribution in [0.4, 0.5) is 13.2 Å². The second-order valence-electron chi connectivity index (χ2n) is 2.74. The maximum Gasteiger partial charge on any atom is 0.574 e. The van der Waals surface area contributed by atoms with Gasteiger partial charge in [-0.3, -0.25) is 0 Å². The number of alkyl halides is 3. The molecule has 0 unspecified atom stereocenters. The summed E-state index contributed by atoms with van der Waals surface area (Å²) in [7, 11) is 0. The summed E-state index contributed by atoms with van der Waals surface area (Å²) in [6.45, 7) is 1.03. The summed E-state index contributed by atoms with van der Waals surface area (Å²) in [5.74, 6) is -0.521. The minimum absolute atomic E-state index is 0.167. The molecule has 0 aliphatic carbocycles. The Balaban J connectivity index is 3.08. The number of aliphatic hydroxyl groups is 1. The van der Waals surface area contributed by atoms with Crippen molar-refractivity contribution in [3.8, 4) is 5.88 Å². The quantitative estimate of drug-likeness (QED) is 0.845. The second-order valence-corrected chi connectivity index (χ2v) is 3.91. The van der Waals surface area contributed by atoms with E-state index in [1.165, 1.54) is 13.0 Å². The van der Waals surface area contributed by atoms with Crippen LogP contribution in [0.15, 0.2) is 6.07 Å². The Labute approximate surface area is 97.4 Å². The van der Waals surface area contributed by atoms with Crippen LogP contribution >= 0.6 is 22.6 Å². The van der Waals surface area contributed by atoms with Crippen molar-refractivity contribution in [2.75, 3.05) is 0 Å². The first-order valence-electron chi connectivity index (χ1n) is 3.86. The largest absolute Gasteiger partial charge is 0.574 e. The van der Waals surface area contributed by atoms with E-state index in [4.69, 9.17) is 5.11 Å². The van der Waals surface area contributed by atoms with E-state index in [1.54, 1.807) is 0 Å². The van der Waals surface area contributed by atoms with E-state index in [0.29, 0.717) is 3.57 Å². The van der Waals surface area contributed by atoms with Crippen molar-refractivity contribution in [1.82, 2.24) is 4.98 Å². The minimum atomic E-state index is -4.77. The molecule has 1 rings (SSSR count). The lowest BCUT2D eigenvalue weighted by molar-refractivity contribution is -0.276. The lowest BCUT2D eigenvalue weighted by Crippen LogP contribution is -2.19. The van der Waals surface area contributed by atoms with E-state index in [2.05, 4.69) is 9.72 Å². The highest BCUT2D eigenvalue weighted by atomic mass is 127. The molecule has 1 N–H and O–H groups in total. The van der Waals surface area contributed by atoms with Crippen LogP contribution in [0.3, 0.4) is 0 Å². The van der Waals surface area contributed by atoms with Crippen molar-refractivity contribution in [1.29, 1.82) is 0 Å². The third-order valence-electron chi connectivity index (χ3n) is 1.55. The average molecular weight is 333 g/mol. The van der Waals surface area contributed by atoms with Gasteiger partial charge in [-0.1, -0.05) is 0 Å². The maximum atomic E-state index is 11.9. The molecule has 84 valence electrons. The molecule has 7 heteroatoms. The van der Waals surface area contributed by atoms with Crippen LogP contribution in [0.2, 0.25) is 0 Å². The van der Waals surface area contributed by atoms with Gasteiger partial charge in [0.15, 0.2) is 0 Å². The van der Waals surface area contributed by atoms with Crippen molar-refractivity contribution in [3.63, 3.8) is 0 Å². The fourth-order valence-electron chi connectivity index (χ4n) is 0.923. The number of nitrogens with zero attached hydrogens (tertiary/aromatic N) is 1. The molecule has 0 aliphatic heterocycles. The van der Waals surface area contributed by atoms with Gasteiger partial charge in [-0.15, -0.1) is 13.2 Å². The molecular weight excluding hydrogens is 326 g/mol. The van der Waals surface area contributed by atoms with Gasteiger partial charge < -0.3 is 9.84 Å². The number of aryl methyl sites for hydroxylation is 1. The van der Waals surface area contributed by atoms with Crippen LogP contribution in [0.25, 0.3) is 0 Å². The molecule has 0 spiro atoms. The third-order valence-corrected chi connectivity index (χ3v) is 2.49. The number of hydrogen-bond donors (Lipinski definition) is 1. The fraction of sp³-hybridized carbons (Fsp3) is 0.375. The lowest BCUT2D eigenvalue weighted by Gasteiger charge is -2.11. The highest BCUT2D eigenvalue weighted by molar-refractivity contribution is 14.1. The Morgan fingerprint density at radius 3 is 2.60 bits per heavy atom. The molecule has 0 saturated heterocycles. The van der Waals surface area contributed by atoms with Crippen molar-refractivity contribution in [3.05, 3.63) is 20.9 Å². The number of ether oxygens (including phenoxy) is 1. The Morgan fingerprint density at radius 2 is 2.13 bits per heavy atom. The van der Waals surface area contributed by atoms with Crippen molar-refractivity contribution in [2.45, 2.75) is 19.9 Å². The monoisotopic (exact) mass is 333 g/mol. The number of pyridine rings is 1. The molecule has 0 radical (unpaired) electrons. The third kappa shape index (κ3) is 3.49. The van der Waals surface area contributed by atoms with Crippen molar-refractivity contribution < 1.29 is 23.0 Å². The SMILES string of the molecule is Cc1cc(I)c(CO)nc1OC(F)(F)F. The molecule has 0 atom stereocenters. The summed E-state index contributed by atoms with van der Waals surface area (Å²) in [5, 5.41) is 8.83. The summed E-state index contributed by atoms with van der Waals surface area (Å²) in [6.07, 6.45) is -4.77. The second kappa shape index (κ2) is 4.52. The van der Waals surface area contributed by atoms with Gasteiger partial charge in [-0.2, -0.15) is 0 Å². The summed E-state index contributed by atoms with van der Waals surface area (Å²) in [6, 6.07) is 1.47. The Hall–Kier alpha value is -0.570. The molecule has 0 amide bonds. The first kappa shape index (κ1) is 12.5. The fourth-order valence-corrected chi connectivity index (χ4v) is 1.68. The topological polar surface area (TPSA) is 42.4 Å². The molecule has 0 aromatic carbocycles. The summed E-state index contributed by atoms with van der Waals surface area (Å²) in [4.78, 5) is 3.58. The summed E-state index contributed by atoms with van der Waals surface area (Å²) in [5.41, 5.74) is 0.439. The van der Waals surface area contributed by atoms with Gasteiger partial charge in [0.05, 0.1) is 12.3 Å². The van der Waals surface area contributed by atoms with E-state index < -0.39 is 18.8 Å². The molecule has 3 nitrogen and oxygen atoms in total. The Morgan fingerprint density at radius 1 is 1.53 bits per heavy atom. The van der Waals surface area contributed by atoms with Gasteiger partial charge in [-0.05, 0) is 35.6 Å².